The number of methoxy groups -OCH3 is 1. The Bertz CT molecular complexity index is 361. The fourth-order valence-electron chi connectivity index (χ4n) is 1.34. The number of nitrogens with two attached hydrogens (primary N) is 1. The second-order valence-electron chi connectivity index (χ2n) is 3.45. The van der Waals surface area contributed by atoms with Crippen LogP contribution in [0.15, 0.2) is 23.8 Å². The summed E-state index contributed by atoms with van der Waals surface area (Å²) >= 11 is 5.94. The molecule has 1 rings (SSSR count). The van der Waals surface area contributed by atoms with Gasteiger partial charge in [-0.1, -0.05) is 29.8 Å². The Morgan fingerprint density at radius 3 is 2.80 bits per heavy atom. The van der Waals surface area contributed by atoms with E-state index in [9.17, 15) is 0 Å². The number of ether oxygens (including phenoxy) is 1. The summed E-state index contributed by atoms with van der Waals surface area (Å²) in [5.74, 6) is 0. The molecule has 3 heteroatoms. The van der Waals surface area contributed by atoms with Crippen LogP contribution in [0.3, 0.4) is 0 Å². The topological polar surface area (TPSA) is 35.2 Å². The van der Waals surface area contributed by atoms with Crippen molar-refractivity contribution in [2.24, 2.45) is 5.73 Å². The molecule has 1 aromatic carbocycles. The summed E-state index contributed by atoms with van der Waals surface area (Å²) in [6.07, 6.45) is 2.03. The molecule has 0 saturated heterocycles. The largest absolute Gasteiger partial charge is 0.380 e. The first kappa shape index (κ1) is 12.2. The molecule has 2 N–H and O–H groups in total. The Morgan fingerprint density at radius 1 is 1.53 bits per heavy atom. The Morgan fingerprint density at radius 2 is 2.27 bits per heavy atom. The van der Waals surface area contributed by atoms with Gasteiger partial charge in [0, 0.05) is 18.7 Å². The Hall–Kier alpha value is -0.830. The summed E-state index contributed by atoms with van der Waals surface area (Å²) in [6.45, 7) is 3.06. The molecule has 0 aliphatic heterocycles. The van der Waals surface area contributed by atoms with Crippen LogP contribution in [0.25, 0.3) is 6.08 Å². The lowest BCUT2D eigenvalue weighted by atomic mass is 10.1. The van der Waals surface area contributed by atoms with Gasteiger partial charge in [0.15, 0.2) is 0 Å². The van der Waals surface area contributed by atoms with Crippen molar-refractivity contribution in [2.75, 3.05) is 20.3 Å². The highest BCUT2D eigenvalue weighted by Crippen LogP contribution is 2.17. The smallest absolute Gasteiger partial charge is 0.0688 e. The Labute approximate surface area is 95.7 Å². The minimum absolute atomic E-state index is 0.509. The Balaban J connectivity index is 2.91. The highest BCUT2D eigenvalue weighted by atomic mass is 35.5. The molecule has 1 aromatic rings. The molecule has 0 aliphatic carbocycles. The Kier molecular flexibility index (Phi) is 4.82. The normalized spacial score (nSPS) is 11.9. The number of hydrogen-bond donors (Lipinski definition) is 1. The molecule has 0 amide bonds. The summed E-state index contributed by atoms with van der Waals surface area (Å²) in [7, 11) is 1.66. The van der Waals surface area contributed by atoms with Crippen molar-refractivity contribution < 1.29 is 4.74 Å². The van der Waals surface area contributed by atoms with Crippen LogP contribution < -0.4 is 5.73 Å². The number of benzene rings is 1. The minimum atomic E-state index is 0.509. The fourth-order valence-corrected chi connectivity index (χ4v) is 1.46. The maximum atomic E-state index is 5.94. The zero-order valence-electron chi connectivity index (χ0n) is 9.09. The highest BCUT2D eigenvalue weighted by molar-refractivity contribution is 6.31. The maximum absolute atomic E-state index is 5.94. The average Bonchev–Trinajstić information content (AvgIpc) is 2.23. The van der Waals surface area contributed by atoms with E-state index >= 15 is 0 Å². The van der Waals surface area contributed by atoms with Crippen molar-refractivity contribution in [3.05, 3.63) is 39.9 Å². The molecule has 0 aromatic heterocycles. The van der Waals surface area contributed by atoms with Gasteiger partial charge in [-0.2, -0.15) is 0 Å². The lowest BCUT2D eigenvalue weighted by Gasteiger charge is -2.04. The first-order valence-corrected chi connectivity index (χ1v) is 5.19. The molecule has 15 heavy (non-hydrogen) atoms. The molecule has 0 heterocycles. The van der Waals surface area contributed by atoms with E-state index in [0.717, 1.165) is 21.7 Å². The molecule has 0 spiro atoms. The van der Waals surface area contributed by atoms with Crippen molar-refractivity contribution in [3.8, 4) is 0 Å². The van der Waals surface area contributed by atoms with E-state index in [2.05, 4.69) is 0 Å². The monoisotopic (exact) mass is 225 g/mol. The van der Waals surface area contributed by atoms with Crippen molar-refractivity contribution in [3.63, 3.8) is 0 Å². The van der Waals surface area contributed by atoms with Gasteiger partial charge < -0.3 is 10.5 Å². The lowest BCUT2D eigenvalue weighted by Crippen LogP contribution is -2.07. The molecule has 2 nitrogen and oxygen atoms in total. The van der Waals surface area contributed by atoms with Gasteiger partial charge in [-0.05, 0) is 29.7 Å². The molecule has 0 saturated carbocycles. The van der Waals surface area contributed by atoms with Crippen molar-refractivity contribution >= 4 is 17.7 Å². The summed E-state index contributed by atoms with van der Waals surface area (Å²) in [4.78, 5) is 0. The standard InChI is InChI=1S/C12H16ClNO/c1-9-5-10(3-4-12(9)13)6-11(7-14)8-15-2/h3-6H,7-8,14H2,1-2H3/b11-6-. The van der Waals surface area contributed by atoms with E-state index in [0.29, 0.717) is 13.2 Å². The third-order valence-corrected chi connectivity index (χ3v) is 2.57. The van der Waals surface area contributed by atoms with Crippen LogP contribution in [0.4, 0.5) is 0 Å². The van der Waals surface area contributed by atoms with Gasteiger partial charge >= 0.3 is 0 Å². The van der Waals surface area contributed by atoms with E-state index in [1.807, 2.05) is 31.2 Å². The van der Waals surface area contributed by atoms with E-state index in [1.54, 1.807) is 7.11 Å². The third kappa shape index (κ3) is 3.67. The third-order valence-electron chi connectivity index (χ3n) is 2.14. The molecule has 0 unspecified atom stereocenters. The van der Waals surface area contributed by atoms with Crippen molar-refractivity contribution in [1.82, 2.24) is 0 Å². The van der Waals surface area contributed by atoms with Crippen LogP contribution in [0, 0.1) is 6.92 Å². The van der Waals surface area contributed by atoms with Crippen LogP contribution in [0.5, 0.6) is 0 Å². The van der Waals surface area contributed by atoms with Gasteiger partial charge in [0.05, 0.1) is 6.61 Å². The molecular weight excluding hydrogens is 210 g/mol. The summed E-state index contributed by atoms with van der Waals surface area (Å²) in [5.41, 5.74) is 8.84. The number of hydrogen-bond acceptors (Lipinski definition) is 2. The zero-order valence-corrected chi connectivity index (χ0v) is 9.84. The summed E-state index contributed by atoms with van der Waals surface area (Å²) < 4.78 is 5.05. The molecular formula is C12H16ClNO. The van der Waals surface area contributed by atoms with E-state index < -0.39 is 0 Å². The molecule has 0 radical (unpaired) electrons. The molecule has 0 aliphatic rings. The second-order valence-corrected chi connectivity index (χ2v) is 3.86. The van der Waals surface area contributed by atoms with E-state index in [-0.39, 0.29) is 0 Å². The zero-order chi connectivity index (χ0) is 11.3. The van der Waals surface area contributed by atoms with Crippen LogP contribution >= 0.6 is 11.6 Å². The van der Waals surface area contributed by atoms with Gasteiger partial charge in [0.25, 0.3) is 0 Å². The predicted molar refractivity (Wildman–Crippen MR) is 65.1 cm³/mol. The summed E-state index contributed by atoms with van der Waals surface area (Å²) in [5, 5.41) is 0.785. The average molecular weight is 226 g/mol. The highest BCUT2D eigenvalue weighted by Gasteiger charge is 1.98. The van der Waals surface area contributed by atoms with Crippen molar-refractivity contribution in [1.29, 1.82) is 0 Å². The fraction of sp³-hybridized carbons (Fsp3) is 0.333. The van der Waals surface area contributed by atoms with Crippen LogP contribution in [0.1, 0.15) is 11.1 Å². The van der Waals surface area contributed by atoms with Gasteiger partial charge in [0.2, 0.25) is 0 Å². The molecule has 82 valence electrons. The van der Waals surface area contributed by atoms with Crippen LogP contribution in [-0.4, -0.2) is 20.3 Å². The van der Waals surface area contributed by atoms with Crippen LogP contribution in [0.2, 0.25) is 5.02 Å². The van der Waals surface area contributed by atoms with Crippen molar-refractivity contribution in [2.45, 2.75) is 6.92 Å². The summed E-state index contributed by atoms with van der Waals surface area (Å²) in [6, 6.07) is 5.90. The van der Waals surface area contributed by atoms with Gasteiger partial charge in [-0.15, -0.1) is 0 Å². The van der Waals surface area contributed by atoms with Gasteiger partial charge in [-0.25, -0.2) is 0 Å². The van der Waals surface area contributed by atoms with Crippen LogP contribution in [-0.2, 0) is 4.74 Å². The SMILES string of the molecule is COC/C(=C\c1ccc(Cl)c(C)c1)CN. The van der Waals surface area contributed by atoms with Gasteiger partial charge in [-0.3, -0.25) is 0 Å². The van der Waals surface area contributed by atoms with E-state index in [4.69, 9.17) is 22.1 Å². The first-order valence-electron chi connectivity index (χ1n) is 4.82. The predicted octanol–water partition coefficient (Wildman–Crippen LogP) is 2.64. The quantitative estimate of drug-likeness (QED) is 0.855. The van der Waals surface area contributed by atoms with Gasteiger partial charge in [0.1, 0.15) is 0 Å². The number of rotatable bonds is 4. The molecule has 0 bridgehead atoms. The second kappa shape index (κ2) is 5.91. The number of aryl methyl sites for hydroxylation is 1. The first-order chi connectivity index (χ1) is 7.17. The van der Waals surface area contributed by atoms with E-state index in [1.165, 1.54) is 0 Å². The number of halogens is 1. The molecule has 0 atom stereocenters. The maximum Gasteiger partial charge on any atom is 0.0688 e. The lowest BCUT2D eigenvalue weighted by molar-refractivity contribution is 0.225. The molecule has 0 fully saturated rings. The minimum Gasteiger partial charge on any atom is -0.380 e.